The molecule has 2 N–H and O–H groups in total. The van der Waals surface area contributed by atoms with Gasteiger partial charge in [-0.2, -0.15) is 0 Å². The average Bonchev–Trinajstić information content (AvgIpc) is 2.36. The second-order valence-electron chi connectivity index (χ2n) is 2.42. The van der Waals surface area contributed by atoms with Crippen LogP contribution < -0.4 is 5.32 Å². The van der Waals surface area contributed by atoms with Crippen LogP contribution in [0.2, 0.25) is 0 Å². The van der Waals surface area contributed by atoms with Gasteiger partial charge in [-0.05, 0) is 29.3 Å². The van der Waals surface area contributed by atoms with Gasteiger partial charge in [0.05, 0.1) is 0 Å². The first-order valence-electron chi connectivity index (χ1n) is 3.58. The molecule has 0 spiro atoms. The second kappa shape index (κ2) is 4.74. The van der Waals surface area contributed by atoms with Gasteiger partial charge in [0.1, 0.15) is 0 Å². The molecular formula is C6H10BrN3OS. The first-order valence-corrected chi connectivity index (χ1v) is 5.19. The summed E-state index contributed by atoms with van der Waals surface area (Å²) in [6.45, 7) is 2.18. The summed E-state index contributed by atoms with van der Waals surface area (Å²) in [6.07, 6.45) is 0.719. The monoisotopic (exact) mass is 251 g/mol. The number of hydrogen-bond donors (Lipinski definition) is 2. The maximum Gasteiger partial charge on any atom is 0.206 e. The van der Waals surface area contributed by atoms with E-state index in [0.29, 0.717) is 0 Å². The number of nitrogens with one attached hydrogen (secondary N) is 1. The Balaban J connectivity index is 2.41. The van der Waals surface area contributed by atoms with Crippen molar-refractivity contribution in [1.29, 1.82) is 0 Å². The normalized spacial score (nSPS) is 12.9. The lowest BCUT2D eigenvalue weighted by molar-refractivity contribution is 0.282. The molecular weight excluding hydrogens is 242 g/mol. The van der Waals surface area contributed by atoms with Crippen LogP contribution in [-0.4, -0.2) is 28.0 Å². The van der Waals surface area contributed by atoms with Gasteiger partial charge in [0, 0.05) is 12.6 Å². The molecule has 1 aromatic heterocycles. The summed E-state index contributed by atoms with van der Waals surface area (Å²) in [5, 5.41) is 20.2. The second-order valence-corrected chi connectivity index (χ2v) is 4.67. The van der Waals surface area contributed by atoms with Crippen LogP contribution in [0.1, 0.15) is 13.3 Å². The highest BCUT2D eigenvalue weighted by atomic mass is 79.9. The van der Waals surface area contributed by atoms with Crippen molar-refractivity contribution in [2.24, 2.45) is 0 Å². The number of anilines is 1. The fourth-order valence-corrected chi connectivity index (χ4v) is 1.86. The zero-order chi connectivity index (χ0) is 8.97. The molecule has 0 fully saturated rings. The molecule has 1 atom stereocenters. The third kappa shape index (κ3) is 3.04. The van der Waals surface area contributed by atoms with E-state index in [-0.39, 0.29) is 12.6 Å². The van der Waals surface area contributed by atoms with Crippen molar-refractivity contribution in [2.75, 3.05) is 11.9 Å². The summed E-state index contributed by atoms with van der Waals surface area (Å²) < 4.78 is 0.765. The number of aliphatic hydroxyl groups is 1. The lowest BCUT2D eigenvalue weighted by Gasteiger charge is -2.09. The Hall–Kier alpha value is -0.200. The van der Waals surface area contributed by atoms with Crippen molar-refractivity contribution in [2.45, 2.75) is 19.4 Å². The highest BCUT2D eigenvalue weighted by molar-refractivity contribution is 9.11. The zero-order valence-corrected chi connectivity index (χ0v) is 9.02. The molecule has 0 saturated heterocycles. The number of hydrogen-bond acceptors (Lipinski definition) is 5. The maximum atomic E-state index is 8.64. The van der Waals surface area contributed by atoms with Crippen LogP contribution in [0.5, 0.6) is 0 Å². The van der Waals surface area contributed by atoms with Crippen LogP contribution in [0, 0.1) is 0 Å². The molecule has 0 aliphatic rings. The lowest BCUT2D eigenvalue weighted by Crippen LogP contribution is -2.16. The smallest absolute Gasteiger partial charge is 0.206 e. The SMILES string of the molecule is CC(CCO)Nc1nnc(Br)s1. The van der Waals surface area contributed by atoms with Crippen LogP contribution in [0.4, 0.5) is 5.13 Å². The number of aliphatic hydroxyl groups excluding tert-OH is 1. The maximum absolute atomic E-state index is 8.64. The third-order valence-corrected chi connectivity index (χ3v) is 2.62. The first-order chi connectivity index (χ1) is 5.72. The van der Waals surface area contributed by atoms with Crippen LogP contribution in [0.15, 0.2) is 3.92 Å². The van der Waals surface area contributed by atoms with E-state index in [2.05, 4.69) is 31.4 Å². The van der Waals surface area contributed by atoms with Crippen molar-refractivity contribution in [3.8, 4) is 0 Å². The van der Waals surface area contributed by atoms with Gasteiger partial charge in [-0.25, -0.2) is 0 Å². The summed E-state index contributed by atoms with van der Waals surface area (Å²) in [5.41, 5.74) is 0. The molecule has 12 heavy (non-hydrogen) atoms. The van der Waals surface area contributed by atoms with Gasteiger partial charge in [-0.15, -0.1) is 10.2 Å². The fraction of sp³-hybridized carbons (Fsp3) is 0.667. The van der Waals surface area contributed by atoms with Gasteiger partial charge in [0.15, 0.2) is 3.92 Å². The predicted molar refractivity (Wildman–Crippen MR) is 52.4 cm³/mol. The highest BCUT2D eigenvalue weighted by Gasteiger charge is 2.04. The van der Waals surface area contributed by atoms with Gasteiger partial charge in [0.2, 0.25) is 5.13 Å². The van der Waals surface area contributed by atoms with Crippen molar-refractivity contribution >= 4 is 32.4 Å². The standard InChI is InChI=1S/C6H10BrN3OS/c1-4(2-3-11)8-6-10-9-5(7)12-6/h4,11H,2-3H2,1H3,(H,8,10). The van der Waals surface area contributed by atoms with E-state index >= 15 is 0 Å². The molecule has 1 heterocycles. The number of halogens is 1. The molecule has 1 aromatic rings. The Morgan fingerprint density at radius 3 is 2.92 bits per heavy atom. The largest absolute Gasteiger partial charge is 0.396 e. The van der Waals surface area contributed by atoms with Crippen LogP contribution in [0.3, 0.4) is 0 Å². The van der Waals surface area contributed by atoms with Gasteiger partial charge in [-0.1, -0.05) is 11.3 Å². The van der Waals surface area contributed by atoms with E-state index in [1.165, 1.54) is 11.3 Å². The summed E-state index contributed by atoms with van der Waals surface area (Å²) in [6, 6.07) is 0.231. The van der Waals surface area contributed by atoms with E-state index in [4.69, 9.17) is 5.11 Å². The number of rotatable bonds is 4. The van der Waals surface area contributed by atoms with E-state index in [9.17, 15) is 0 Å². The summed E-state index contributed by atoms with van der Waals surface area (Å²) in [7, 11) is 0. The minimum Gasteiger partial charge on any atom is -0.396 e. The Morgan fingerprint density at radius 1 is 1.67 bits per heavy atom. The van der Waals surface area contributed by atoms with Gasteiger partial charge < -0.3 is 10.4 Å². The Morgan fingerprint density at radius 2 is 2.42 bits per heavy atom. The van der Waals surface area contributed by atoms with E-state index < -0.39 is 0 Å². The third-order valence-electron chi connectivity index (χ3n) is 1.33. The van der Waals surface area contributed by atoms with Crippen LogP contribution in [0.25, 0.3) is 0 Å². The molecule has 0 bridgehead atoms. The lowest BCUT2D eigenvalue weighted by atomic mass is 10.2. The molecule has 6 heteroatoms. The average molecular weight is 252 g/mol. The fourth-order valence-electron chi connectivity index (χ4n) is 0.740. The molecule has 1 rings (SSSR count). The van der Waals surface area contributed by atoms with Crippen molar-refractivity contribution in [3.63, 3.8) is 0 Å². The minimum absolute atomic E-state index is 0.189. The molecule has 68 valence electrons. The molecule has 1 unspecified atom stereocenters. The predicted octanol–water partition coefficient (Wildman–Crippen LogP) is 1.48. The van der Waals surface area contributed by atoms with Crippen molar-refractivity contribution in [1.82, 2.24) is 10.2 Å². The topological polar surface area (TPSA) is 58.0 Å². The summed E-state index contributed by atoms with van der Waals surface area (Å²) in [5.74, 6) is 0. The van der Waals surface area contributed by atoms with Crippen LogP contribution in [-0.2, 0) is 0 Å². The van der Waals surface area contributed by atoms with Crippen LogP contribution >= 0.6 is 27.3 Å². The molecule has 0 amide bonds. The Labute approximate surface area is 83.2 Å². The molecule has 0 radical (unpaired) electrons. The summed E-state index contributed by atoms with van der Waals surface area (Å²) >= 11 is 4.66. The zero-order valence-electron chi connectivity index (χ0n) is 6.62. The molecule has 4 nitrogen and oxygen atoms in total. The van der Waals surface area contributed by atoms with Crippen molar-refractivity contribution < 1.29 is 5.11 Å². The van der Waals surface area contributed by atoms with Gasteiger partial charge >= 0.3 is 0 Å². The Bertz CT molecular complexity index is 242. The van der Waals surface area contributed by atoms with E-state index in [1.807, 2.05) is 6.92 Å². The molecule has 0 aliphatic heterocycles. The molecule has 0 aliphatic carbocycles. The minimum atomic E-state index is 0.189. The van der Waals surface area contributed by atoms with Gasteiger partial charge in [-0.3, -0.25) is 0 Å². The number of nitrogens with zero attached hydrogens (tertiary/aromatic N) is 2. The molecule has 0 saturated carbocycles. The summed E-state index contributed by atoms with van der Waals surface area (Å²) in [4.78, 5) is 0. The Kier molecular flexibility index (Phi) is 3.90. The van der Waals surface area contributed by atoms with E-state index in [1.54, 1.807) is 0 Å². The molecule has 0 aromatic carbocycles. The van der Waals surface area contributed by atoms with Gasteiger partial charge in [0.25, 0.3) is 0 Å². The highest BCUT2D eigenvalue weighted by Crippen LogP contribution is 2.20. The van der Waals surface area contributed by atoms with E-state index in [0.717, 1.165) is 15.5 Å². The first kappa shape index (κ1) is 9.88. The van der Waals surface area contributed by atoms with Crippen molar-refractivity contribution in [3.05, 3.63) is 3.92 Å². The quantitative estimate of drug-likeness (QED) is 0.852. The number of aromatic nitrogens is 2.